The first kappa shape index (κ1) is 16.4. The molecule has 134 valence electrons. The summed E-state index contributed by atoms with van der Waals surface area (Å²) in [6, 6.07) is 14.4. The van der Waals surface area contributed by atoms with Crippen molar-refractivity contribution in [1.82, 2.24) is 9.88 Å². The summed E-state index contributed by atoms with van der Waals surface area (Å²) in [4.78, 5) is 6.17. The van der Waals surface area contributed by atoms with Crippen LogP contribution in [-0.4, -0.2) is 35.1 Å². The Labute approximate surface area is 162 Å². The minimum atomic E-state index is 0.103. The number of aromatic nitrogens is 1. The van der Waals surface area contributed by atoms with Crippen molar-refractivity contribution in [2.45, 2.75) is 24.7 Å². The van der Waals surface area contributed by atoms with E-state index in [1.165, 1.54) is 27.7 Å². The second kappa shape index (κ2) is 5.86. The number of aromatic amines is 1. The number of benzene rings is 2. The highest BCUT2D eigenvalue weighted by atomic mass is 79.9. The zero-order valence-electron chi connectivity index (χ0n) is 14.9. The zero-order chi connectivity index (χ0) is 17.9. The lowest BCUT2D eigenvalue weighted by Gasteiger charge is -2.50. The summed E-state index contributed by atoms with van der Waals surface area (Å²) in [6.07, 6.45) is 3.24. The molecule has 1 aliphatic heterocycles. The van der Waals surface area contributed by atoms with Crippen molar-refractivity contribution in [2.75, 3.05) is 20.1 Å². The van der Waals surface area contributed by atoms with Crippen LogP contribution in [0.15, 0.2) is 46.9 Å². The fourth-order valence-corrected chi connectivity index (χ4v) is 5.73. The van der Waals surface area contributed by atoms with Crippen LogP contribution in [0.25, 0.3) is 10.9 Å². The van der Waals surface area contributed by atoms with Crippen LogP contribution in [-0.2, 0) is 18.3 Å². The zero-order valence-corrected chi connectivity index (χ0v) is 16.5. The molecule has 2 aliphatic rings. The minimum Gasteiger partial charge on any atom is -0.508 e. The number of aromatic hydroxyl groups is 1. The van der Waals surface area contributed by atoms with Gasteiger partial charge in [0.05, 0.1) is 5.52 Å². The summed E-state index contributed by atoms with van der Waals surface area (Å²) in [5.41, 5.74) is 5.47. The number of hydrogen-bond acceptors (Lipinski definition) is 2. The third kappa shape index (κ3) is 2.35. The normalized spacial score (nSPS) is 25.8. The molecule has 26 heavy (non-hydrogen) atoms. The van der Waals surface area contributed by atoms with E-state index >= 15 is 0 Å². The third-order valence-electron chi connectivity index (χ3n) is 6.60. The molecule has 0 amide bonds. The Morgan fingerprint density at radius 2 is 2.08 bits per heavy atom. The standard InChI is InChI=1S/C22H23BrN2O/c1-25-9-8-22(14-4-2-5-16(26)10-14)12-20-18(11-15(22)13-25)17-6-3-7-19(23)21(17)24-20/h2-7,10,15,24,26H,8-9,11-13H2,1H3/t15?,22-/m1/s1. The van der Waals surface area contributed by atoms with Gasteiger partial charge in [-0.15, -0.1) is 0 Å². The van der Waals surface area contributed by atoms with Gasteiger partial charge in [-0.2, -0.15) is 0 Å². The predicted molar refractivity (Wildman–Crippen MR) is 109 cm³/mol. The summed E-state index contributed by atoms with van der Waals surface area (Å²) >= 11 is 3.70. The average molecular weight is 411 g/mol. The highest BCUT2D eigenvalue weighted by molar-refractivity contribution is 9.10. The van der Waals surface area contributed by atoms with Gasteiger partial charge in [-0.05, 0) is 84.0 Å². The molecule has 4 heteroatoms. The first-order valence-electron chi connectivity index (χ1n) is 9.33. The van der Waals surface area contributed by atoms with Crippen LogP contribution in [0, 0.1) is 5.92 Å². The van der Waals surface area contributed by atoms with Crippen LogP contribution in [0.1, 0.15) is 23.2 Å². The van der Waals surface area contributed by atoms with E-state index in [-0.39, 0.29) is 5.41 Å². The number of phenols is 1. The minimum absolute atomic E-state index is 0.103. The highest BCUT2D eigenvalue weighted by Gasteiger charge is 2.47. The smallest absolute Gasteiger partial charge is 0.115 e. The van der Waals surface area contributed by atoms with E-state index in [0.29, 0.717) is 11.7 Å². The van der Waals surface area contributed by atoms with Crippen LogP contribution in [0.2, 0.25) is 0 Å². The van der Waals surface area contributed by atoms with Crippen molar-refractivity contribution in [2.24, 2.45) is 5.92 Å². The Balaban J connectivity index is 1.69. The van der Waals surface area contributed by atoms with Gasteiger partial charge in [0, 0.05) is 27.5 Å². The van der Waals surface area contributed by atoms with Crippen molar-refractivity contribution >= 4 is 26.8 Å². The fourth-order valence-electron chi connectivity index (χ4n) is 5.26. The van der Waals surface area contributed by atoms with Gasteiger partial charge in [0.2, 0.25) is 0 Å². The molecule has 1 saturated heterocycles. The number of piperidine rings is 1. The van der Waals surface area contributed by atoms with Gasteiger partial charge in [0.15, 0.2) is 0 Å². The molecule has 3 nitrogen and oxygen atoms in total. The van der Waals surface area contributed by atoms with Crippen LogP contribution in [0.3, 0.4) is 0 Å². The summed E-state index contributed by atoms with van der Waals surface area (Å²) in [5, 5.41) is 11.5. The molecule has 1 fully saturated rings. The predicted octanol–water partition coefficient (Wildman–Crippen LogP) is 4.62. The van der Waals surface area contributed by atoms with Crippen molar-refractivity contribution in [1.29, 1.82) is 0 Å². The lowest BCUT2D eigenvalue weighted by Crippen LogP contribution is -2.52. The van der Waals surface area contributed by atoms with Crippen LogP contribution < -0.4 is 0 Å². The van der Waals surface area contributed by atoms with Gasteiger partial charge in [-0.25, -0.2) is 0 Å². The molecule has 0 radical (unpaired) electrons. The fraction of sp³-hybridized carbons (Fsp3) is 0.364. The summed E-state index contributed by atoms with van der Waals surface area (Å²) < 4.78 is 1.14. The topological polar surface area (TPSA) is 39.3 Å². The van der Waals surface area contributed by atoms with E-state index in [0.717, 1.165) is 36.8 Å². The molecule has 2 aromatic carbocycles. The summed E-state index contributed by atoms with van der Waals surface area (Å²) in [5.74, 6) is 0.938. The first-order chi connectivity index (χ1) is 12.6. The van der Waals surface area contributed by atoms with Gasteiger partial charge in [0.1, 0.15) is 5.75 Å². The van der Waals surface area contributed by atoms with E-state index in [1.54, 1.807) is 6.07 Å². The number of likely N-dealkylation sites (tertiary alicyclic amines) is 1. The number of nitrogens with zero attached hydrogens (tertiary/aromatic N) is 1. The Hall–Kier alpha value is -1.78. The van der Waals surface area contributed by atoms with E-state index in [1.807, 2.05) is 12.1 Å². The van der Waals surface area contributed by atoms with Crippen LogP contribution in [0.5, 0.6) is 5.75 Å². The van der Waals surface area contributed by atoms with Crippen LogP contribution >= 0.6 is 15.9 Å². The number of fused-ring (bicyclic) bond motifs is 4. The van der Waals surface area contributed by atoms with Crippen molar-refractivity contribution in [3.05, 3.63) is 63.8 Å². The Bertz CT molecular complexity index is 995. The van der Waals surface area contributed by atoms with Crippen molar-refractivity contribution in [3.63, 3.8) is 0 Å². The molecule has 1 unspecified atom stereocenters. The lowest BCUT2D eigenvalue weighted by molar-refractivity contribution is 0.0994. The number of phenolic OH excluding ortho intramolecular Hbond substituents is 1. The summed E-state index contributed by atoms with van der Waals surface area (Å²) in [6.45, 7) is 2.21. The summed E-state index contributed by atoms with van der Waals surface area (Å²) in [7, 11) is 2.23. The van der Waals surface area contributed by atoms with Gasteiger partial charge in [-0.3, -0.25) is 0 Å². The van der Waals surface area contributed by atoms with Gasteiger partial charge in [-0.1, -0.05) is 24.3 Å². The molecule has 5 rings (SSSR count). The number of rotatable bonds is 1. The molecule has 2 N–H and O–H groups in total. The molecule has 0 bridgehead atoms. The Morgan fingerprint density at radius 1 is 1.23 bits per heavy atom. The Kier molecular flexibility index (Phi) is 3.70. The van der Waals surface area contributed by atoms with Gasteiger partial charge < -0.3 is 15.0 Å². The second-order valence-electron chi connectivity index (χ2n) is 8.04. The number of para-hydroxylation sites is 1. The maximum Gasteiger partial charge on any atom is 0.115 e. The van der Waals surface area contributed by atoms with E-state index in [9.17, 15) is 5.11 Å². The molecular weight excluding hydrogens is 388 g/mol. The molecule has 0 saturated carbocycles. The molecule has 1 aliphatic carbocycles. The third-order valence-corrected chi connectivity index (χ3v) is 7.26. The molecular formula is C22H23BrN2O. The monoisotopic (exact) mass is 410 g/mol. The number of halogens is 1. The first-order valence-corrected chi connectivity index (χ1v) is 10.1. The highest BCUT2D eigenvalue weighted by Crippen LogP contribution is 2.49. The second-order valence-corrected chi connectivity index (χ2v) is 8.90. The van der Waals surface area contributed by atoms with Crippen molar-refractivity contribution < 1.29 is 5.11 Å². The average Bonchev–Trinajstić information content (AvgIpc) is 2.99. The van der Waals surface area contributed by atoms with Crippen molar-refractivity contribution in [3.8, 4) is 5.75 Å². The number of hydrogen-bond donors (Lipinski definition) is 2. The van der Waals surface area contributed by atoms with Gasteiger partial charge >= 0.3 is 0 Å². The molecule has 2 heterocycles. The number of nitrogens with one attached hydrogen (secondary N) is 1. The quantitative estimate of drug-likeness (QED) is 0.613. The largest absolute Gasteiger partial charge is 0.508 e. The maximum atomic E-state index is 10.1. The molecule has 2 atom stereocenters. The lowest BCUT2D eigenvalue weighted by atomic mass is 9.59. The van der Waals surface area contributed by atoms with E-state index in [2.05, 4.69) is 57.1 Å². The van der Waals surface area contributed by atoms with Gasteiger partial charge in [0.25, 0.3) is 0 Å². The van der Waals surface area contributed by atoms with E-state index < -0.39 is 0 Å². The van der Waals surface area contributed by atoms with Crippen LogP contribution in [0.4, 0.5) is 0 Å². The number of H-pyrrole nitrogens is 1. The maximum absolute atomic E-state index is 10.1. The Morgan fingerprint density at radius 3 is 2.92 bits per heavy atom. The molecule has 3 aromatic rings. The SMILES string of the molecule is CN1CC[C@]2(c3cccc(O)c3)Cc3[nH]c4c(Br)cccc4c3CC2C1. The molecule has 0 spiro atoms. The van der Waals surface area contributed by atoms with E-state index in [4.69, 9.17) is 0 Å². The molecule has 1 aromatic heterocycles.